The second-order valence-electron chi connectivity index (χ2n) is 2.60. The standard InChI is InChI=1S/C9H10ClNO2.Na/c10-8-3-1-7(2-4-8)5-11-6-9(12)13;/h1-4,11H,5-6H2,(H,12,13);/q;+1/p-1. The van der Waals surface area contributed by atoms with E-state index in [4.69, 9.17) is 11.6 Å². The van der Waals surface area contributed by atoms with Crippen molar-refractivity contribution in [1.82, 2.24) is 5.32 Å². The Morgan fingerprint density at radius 1 is 1.36 bits per heavy atom. The molecule has 0 bridgehead atoms. The van der Waals surface area contributed by atoms with E-state index < -0.39 is 5.97 Å². The van der Waals surface area contributed by atoms with Gasteiger partial charge in [0.25, 0.3) is 0 Å². The zero-order chi connectivity index (χ0) is 9.68. The van der Waals surface area contributed by atoms with Crippen LogP contribution < -0.4 is 40.0 Å². The van der Waals surface area contributed by atoms with E-state index in [2.05, 4.69) is 5.32 Å². The fraction of sp³-hybridized carbons (Fsp3) is 0.222. The van der Waals surface area contributed by atoms with Crippen molar-refractivity contribution in [2.45, 2.75) is 6.54 Å². The predicted molar refractivity (Wildman–Crippen MR) is 48.2 cm³/mol. The Balaban J connectivity index is 0.00000169. The Hall–Kier alpha value is -0.0600. The van der Waals surface area contributed by atoms with Gasteiger partial charge in [-0.05, 0) is 17.7 Å². The number of carbonyl (C=O) groups is 1. The van der Waals surface area contributed by atoms with Crippen molar-refractivity contribution < 1.29 is 39.5 Å². The minimum atomic E-state index is -1.10. The van der Waals surface area contributed by atoms with Gasteiger partial charge in [-0.1, -0.05) is 23.7 Å². The molecule has 0 radical (unpaired) electrons. The number of nitrogens with one attached hydrogen (secondary N) is 1. The van der Waals surface area contributed by atoms with Crippen LogP contribution in [0.5, 0.6) is 0 Å². The van der Waals surface area contributed by atoms with Crippen LogP contribution in [-0.4, -0.2) is 12.5 Å². The van der Waals surface area contributed by atoms with Crippen molar-refractivity contribution in [1.29, 1.82) is 0 Å². The maximum absolute atomic E-state index is 10.0. The van der Waals surface area contributed by atoms with Gasteiger partial charge < -0.3 is 15.2 Å². The molecule has 0 saturated carbocycles. The predicted octanol–water partition coefficient (Wildman–Crippen LogP) is -2.82. The molecule has 1 aromatic rings. The number of hydrogen-bond donors (Lipinski definition) is 1. The van der Waals surface area contributed by atoms with E-state index in [0.29, 0.717) is 11.6 Å². The number of hydrogen-bond acceptors (Lipinski definition) is 3. The molecule has 0 fully saturated rings. The summed E-state index contributed by atoms with van der Waals surface area (Å²) < 4.78 is 0. The van der Waals surface area contributed by atoms with Gasteiger partial charge in [-0.3, -0.25) is 0 Å². The van der Waals surface area contributed by atoms with E-state index in [-0.39, 0.29) is 36.1 Å². The van der Waals surface area contributed by atoms with Gasteiger partial charge in [0, 0.05) is 18.1 Å². The van der Waals surface area contributed by atoms with Gasteiger partial charge in [0.2, 0.25) is 0 Å². The average Bonchev–Trinajstić information content (AvgIpc) is 2.08. The molecule has 70 valence electrons. The molecule has 0 atom stereocenters. The summed E-state index contributed by atoms with van der Waals surface area (Å²) in [6.45, 7) is 0.369. The summed E-state index contributed by atoms with van der Waals surface area (Å²) in [5.74, 6) is -1.10. The number of carboxylic acid groups (broad SMARTS) is 1. The minimum Gasteiger partial charge on any atom is -0.549 e. The number of halogens is 1. The van der Waals surface area contributed by atoms with Crippen molar-refractivity contribution >= 4 is 17.6 Å². The smallest absolute Gasteiger partial charge is 0.549 e. The van der Waals surface area contributed by atoms with Crippen LogP contribution in [0.3, 0.4) is 0 Å². The number of aliphatic carboxylic acids is 1. The quantitative estimate of drug-likeness (QED) is 0.559. The Labute approximate surface area is 110 Å². The molecule has 0 saturated heterocycles. The van der Waals surface area contributed by atoms with Crippen LogP contribution in [0, 0.1) is 0 Å². The summed E-state index contributed by atoms with van der Waals surface area (Å²) in [5.41, 5.74) is 0.991. The van der Waals surface area contributed by atoms with Crippen LogP contribution in [0.4, 0.5) is 0 Å². The van der Waals surface area contributed by atoms with E-state index in [1.165, 1.54) is 0 Å². The fourth-order valence-corrected chi connectivity index (χ4v) is 1.04. The van der Waals surface area contributed by atoms with E-state index in [1.807, 2.05) is 12.1 Å². The first kappa shape index (κ1) is 13.9. The minimum absolute atomic E-state index is 0. The molecule has 3 nitrogen and oxygen atoms in total. The van der Waals surface area contributed by atoms with Crippen molar-refractivity contribution in [2.24, 2.45) is 0 Å². The van der Waals surface area contributed by atoms with Gasteiger partial charge in [0.05, 0.1) is 5.97 Å². The second kappa shape index (κ2) is 7.26. The van der Waals surface area contributed by atoms with Crippen molar-refractivity contribution in [2.75, 3.05) is 6.54 Å². The van der Waals surface area contributed by atoms with Gasteiger partial charge in [-0.15, -0.1) is 0 Å². The zero-order valence-electron chi connectivity index (χ0n) is 7.92. The molecular weight excluding hydrogens is 213 g/mol. The second-order valence-corrected chi connectivity index (χ2v) is 3.04. The van der Waals surface area contributed by atoms with Crippen molar-refractivity contribution in [3.63, 3.8) is 0 Å². The molecule has 1 rings (SSSR count). The van der Waals surface area contributed by atoms with E-state index in [0.717, 1.165) is 5.56 Å². The molecule has 14 heavy (non-hydrogen) atoms. The summed E-state index contributed by atoms with van der Waals surface area (Å²) in [7, 11) is 0. The van der Waals surface area contributed by atoms with Gasteiger partial charge in [-0.2, -0.15) is 0 Å². The summed E-state index contributed by atoms with van der Waals surface area (Å²) in [6.07, 6.45) is 0. The molecule has 0 unspecified atom stereocenters. The first-order valence-corrected chi connectivity index (χ1v) is 4.21. The largest absolute Gasteiger partial charge is 1.00 e. The molecule has 0 aliphatic carbocycles. The van der Waals surface area contributed by atoms with Crippen molar-refractivity contribution in [3.8, 4) is 0 Å². The summed E-state index contributed by atoms with van der Waals surface area (Å²) >= 11 is 5.67. The van der Waals surface area contributed by atoms with Crippen LogP contribution in [0.2, 0.25) is 5.02 Å². The Morgan fingerprint density at radius 3 is 2.43 bits per heavy atom. The SMILES string of the molecule is O=C([O-])CNCc1ccc(Cl)cc1.[Na+]. The van der Waals surface area contributed by atoms with Crippen molar-refractivity contribution in [3.05, 3.63) is 34.9 Å². The first-order chi connectivity index (χ1) is 6.18. The molecule has 1 N–H and O–H groups in total. The van der Waals surface area contributed by atoms with Crippen LogP contribution >= 0.6 is 11.6 Å². The van der Waals surface area contributed by atoms with Gasteiger partial charge >= 0.3 is 29.6 Å². The Bertz CT molecular complexity index is 289. The first-order valence-electron chi connectivity index (χ1n) is 3.83. The van der Waals surface area contributed by atoms with E-state index >= 15 is 0 Å². The third-order valence-electron chi connectivity index (χ3n) is 1.51. The molecule has 0 aliphatic rings. The normalized spacial score (nSPS) is 9.21. The van der Waals surface area contributed by atoms with Crippen LogP contribution in [0.1, 0.15) is 5.56 Å². The maximum atomic E-state index is 10.0. The molecule has 0 spiro atoms. The van der Waals surface area contributed by atoms with Crippen LogP contribution in [0.15, 0.2) is 24.3 Å². The van der Waals surface area contributed by atoms with Crippen LogP contribution in [0.25, 0.3) is 0 Å². The Kier molecular flexibility index (Phi) is 7.23. The molecule has 0 heterocycles. The third-order valence-corrected chi connectivity index (χ3v) is 1.76. The zero-order valence-corrected chi connectivity index (χ0v) is 10.7. The topological polar surface area (TPSA) is 52.2 Å². The van der Waals surface area contributed by atoms with Gasteiger partial charge in [-0.25, -0.2) is 0 Å². The van der Waals surface area contributed by atoms with Gasteiger partial charge in [0.15, 0.2) is 0 Å². The van der Waals surface area contributed by atoms with E-state index in [9.17, 15) is 9.90 Å². The van der Waals surface area contributed by atoms with E-state index in [1.54, 1.807) is 12.1 Å². The molecule has 0 aliphatic heterocycles. The molecular formula is C9H9ClNNaO2. The molecule has 0 amide bonds. The summed E-state index contributed by atoms with van der Waals surface area (Å²) in [4.78, 5) is 10.0. The van der Waals surface area contributed by atoms with Crippen LogP contribution in [-0.2, 0) is 11.3 Å². The average molecular weight is 222 g/mol. The fourth-order valence-electron chi connectivity index (χ4n) is 0.911. The van der Waals surface area contributed by atoms with Gasteiger partial charge in [0.1, 0.15) is 0 Å². The maximum Gasteiger partial charge on any atom is 1.00 e. The summed E-state index contributed by atoms with van der Waals surface area (Å²) in [6, 6.07) is 7.20. The number of rotatable bonds is 4. The Morgan fingerprint density at radius 2 is 1.93 bits per heavy atom. The molecule has 1 aromatic carbocycles. The summed E-state index contributed by atoms with van der Waals surface area (Å²) in [5, 5.41) is 13.4. The molecule has 5 heteroatoms. The third kappa shape index (κ3) is 5.62. The number of carboxylic acids is 1. The number of benzene rings is 1. The monoisotopic (exact) mass is 221 g/mol. The molecule has 0 aromatic heterocycles. The number of carbonyl (C=O) groups excluding carboxylic acids is 1.